The molecule has 2 heterocycles. The molecule has 0 saturated carbocycles. The number of ether oxygens (including phenoxy) is 2. The lowest BCUT2D eigenvalue weighted by atomic mass is 9.94. The van der Waals surface area contributed by atoms with Crippen molar-refractivity contribution < 1.29 is 14.6 Å². The molecule has 2 atom stereocenters. The van der Waals surface area contributed by atoms with Crippen LogP contribution in [0, 0.1) is 0 Å². The Morgan fingerprint density at radius 1 is 1.36 bits per heavy atom. The minimum absolute atomic E-state index is 0.0231. The van der Waals surface area contributed by atoms with E-state index in [4.69, 9.17) is 9.47 Å². The topological polar surface area (TPSA) is 42.0 Å². The second-order valence-corrected chi connectivity index (χ2v) is 4.37. The molecule has 1 N–H and O–H groups in total. The van der Waals surface area contributed by atoms with Crippen molar-refractivity contribution in [2.45, 2.75) is 31.7 Å². The van der Waals surface area contributed by atoms with Crippen LogP contribution in [0.25, 0.3) is 0 Å². The van der Waals surface area contributed by atoms with Crippen LogP contribution in [-0.4, -0.2) is 16.8 Å². The van der Waals surface area contributed by atoms with Crippen LogP contribution in [0.2, 0.25) is 0 Å². The summed E-state index contributed by atoms with van der Waals surface area (Å²) < 4.78 is 11.3. The smallest absolute Gasteiger partial charge is 0.132 e. The van der Waals surface area contributed by atoms with E-state index in [9.17, 15) is 5.11 Å². The summed E-state index contributed by atoms with van der Waals surface area (Å²) >= 11 is 0. The van der Waals surface area contributed by atoms with Crippen molar-refractivity contribution in [3.63, 3.8) is 0 Å². The van der Waals surface area contributed by atoms with E-state index in [-0.39, 0.29) is 23.6 Å². The molecule has 14 heavy (non-hydrogen) atoms. The van der Waals surface area contributed by atoms with Crippen LogP contribution in [-0.2, 0) is 4.74 Å². The van der Waals surface area contributed by atoms with Crippen molar-refractivity contribution in [2.75, 3.05) is 0 Å². The highest BCUT2D eigenvalue weighted by Crippen LogP contribution is 2.56. The summed E-state index contributed by atoms with van der Waals surface area (Å²) in [6.45, 7) is 4.01. The Hall–Kier alpha value is -1.22. The monoisotopic (exact) mass is 192 g/mol. The van der Waals surface area contributed by atoms with Gasteiger partial charge in [0.2, 0.25) is 0 Å². The number of rotatable bonds is 0. The van der Waals surface area contributed by atoms with Crippen molar-refractivity contribution in [1.29, 1.82) is 0 Å². The van der Waals surface area contributed by atoms with Crippen molar-refractivity contribution in [2.24, 2.45) is 0 Å². The number of phenolic OH excluding ortho intramolecular Hbond substituents is 1. The second-order valence-electron chi connectivity index (χ2n) is 4.37. The first-order valence-electron chi connectivity index (χ1n) is 4.76. The molecule has 1 fully saturated rings. The third-order valence-corrected chi connectivity index (χ3v) is 2.88. The zero-order valence-corrected chi connectivity index (χ0v) is 8.15. The minimum atomic E-state index is -0.286. The first-order valence-corrected chi connectivity index (χ1v) is 4.76. The molecular formula is C11H12O3. The molecule has 0 aromatic heterocycles. The summed E-state index contributed by atoms with van der Waals surface area (Å²) in [7, 11) is 0. The lowest BCUT2D eigenvalue weighted by Gasteiger charge is -2.29. The van der Waals surface area contributed by atoms with Gasteiger partial charge in [-0.25, -0.2) is 0 Å². The average molecular weight is 192 g/mol. The fourth-order valence-electron chi connectivity index (χ4n) is 2.11. The van der Waals surface area contributed by atoms with E-state index in [1.165, 1.54) is 0 Å². The van der Waals surface area contributed by atoms with Gasteiger partial charge in [0.15, 0.2) is 0 Å². The van der Waals surface area contributed by atoms with Gasteiger partial charge in [-0.3, -0.25) is 0 Å². The number of hydrogen-bond acceptors (Lipinski definition) is 3. The van der Waals surface area contributed by atoms with Gasteiger partial charge in [-0.05, 0) is 26.0 Å². The van der Waals surface area contributed by atoms with Crippen molar-refractivity contribution in [1.82, 2.24) is 0 Å². The van der Waals surface area contributed by atoms with E-state index in [1.54, 1.807) is 12.1 Å². The van der Waals surface area contributed by atoms with Crippen molar-refractivity contribution in [3.05, 3.63) is 23.8 Å². The first-order chi connectivity index (χ1) is 6.59. The molecule has 2 aliphatic heterocycles. The zero-order chi connectivity index (χ0) is 9.92. The highest BCUT2D eigenvalue weighted by Gasteiger charge is 2.57. The number of epoxide rings is 1. The fraction of sp³-hybridized carbons (Fsp3) is 0.455. The van der Waals surface area contributed by atoms with Gasteiger partial charge in [0.25, 0.3) is 0 Å². The van der Waals surface area contributed by atoms with Crippen LogP contribution in [0.15, 0.2) is 18.2 Å². The van der Waals surface area contributed by atoms with Crippen LogP contribution in [0.1, 0.15) is 25.5 Å². The zero-order valence-electron chi connectivity index (χ0n) is 8.15. The third-order valence-electron chi connectivity index (χ3n) is 2.88. The molecule has 0 amide bonds. The molecule has 0 aliphatic carbocycles. The maximum absolute atomic E-state index is 9.66. The third kappa shape index (κ3) is 0.904. The minimum Gasteiger partial charge on any atom is -0.507 e. The van der Waals surface area contributed by atoms with Gasteiger partial charge in [-0.15, -0.1) is 0 Å². The average Bonchev–Trinajstić information content (AvgIpc) is 2.82. The molecule has 3 rings (SSSR count). The molecule has 3 nitrogen and oxygen atoms in total. The Morgan fingerprint density at radius 3 is 2.93 bits per heavy atom. The second kappa shape index (κ2) is 2.23. The van der Waals surface area contributed by atoms with Gasteiger partial charge in [-0.2, -0.15) is 0 Å². The summed E-state index contributed by atoms with van der Waals surface area (Å²) in [4.78, 5) is 0. The Bertz CT molecular complexity index is 398. The molecular weight excluding hydrogens is 180 g/mol. The molecule has 74 valence electrons. The van der Waals surface area contributed by atoms with Gasteiger partial charge in [0, 0.05) is 0 Å². The fourth-order valence-corrected chi connectivity index (χ4v) is 2.11. The standard InChI is InChI=1S/C11H12O3/c1-11(2)10-9(13-10)8-6(12)4-3-5-7(8)14-11/h3-5,9-10,12H,1-2H3. The molecule has 3 heteroatoms. The maximum Gasteiger partial charge on any atom is 0.132 e. The van der Waals surface area contributed by atoms with E-state index in [0.717, 1.165) is 11.3 Å². The SMILES string of the molecule is CC1(C)Oc2cccc(O)c2C2OC21. The van der Waals surface area contributed by atoms with Gasteiger partial charge in [-0.1, -0.05) is 6.07 Å². The van der Waals surface area contributed by atoms with Gasteiger partial charge < -0.3 is 14.6 Å². The van der Waals surface area contributed by atoms with E-state index < -0.39 is 0 Å². The summed E-state index contributed by atoms with van der Waals surface area (Å²) in [6.07, 6.45) is 0.109. The largest absolute Gasteiger partial charge is 0.507 e. The highest BCUT2D eigenvalue weighted by molar-refractivity contribution is 5.50. The quantitative estimate of drug-likeness (QED) is 0.639. The van der Waals surface area contributed by atoms with Crippen molar-refractivity contribution >= 4 is 0 Å². The number of hydrogen-bond donors (Lipinski definition) is 1. The molecule has 0 spiro atoms. The number of phenols is 1. The summed E-state index contributed by atoms with van der Waals surface area (Å²) in [5.74, 6) is 1.01. The first kappa shape index (κ1) is 8.12. The molecule has 2 aliphatic rings. The summed E-state index contributed by atoms with van der Waals surface area (Å²) in [5.41, 5.74) is 0.516. The number of fused-ring (bicyclic) bond motifs is 3. The molecule has 0 bridgehead atoms. The van der Waals surface area contributed by atoms with Crippen LogP contribution < -0.4 is 4.74 Å². The Kier molecular flexibility index (Phi) is 1.29. The Balaban J connectivity index is 2.15. The number of benzene rings is 1. The van der Waals surface area contributed by atoms with Crippen LogP contribution in [0.5, 0.6) is 11.5 Å². The highest BCUT2D eigenvalue weighted by atomic mass is 16.6. The van der Waals surface area contributed by atoms with Crippen molar-refractivity contribution in [3.8, 4) is 11.5 Å². The van der Waals surface area contributed by atoms with Crippen LogP contribution in [0.3, 0.4) is 0 Å². The summed E-state index contributed by atoms with van der Waals surface area (Å²) in [5, 5.41) is 9.66. The van der Waals surface area contributed by atoms with E-state index in [0.29, 0.717) is 0 Å². The lowest BCUT2D eigenvalue weighted by Crippen LogP contribution is -2.37. The number of aromatic hydroxyl groups is 1. The van der Waals surface area contributed by atoms with Crippen LogP contribution >= 0.6 is 0 Å². The maximum atomic E-state index is 9.66. The summed E-state index contributed by atoms with van der Waals surface area (Å²) in [6, 6.07) is 5.32. The van der Waals surface area contributed by atoms with E-state index in [2.05, 4.69) is 0 Å². The van der Waals surface area contributed by atoms with Gasteiger partial charge >= 0.3 is 0 Å². The van der Waals surface area contributed by atoms with E-state index >= 15 is 0 Å². The Morgan fingerprint density at radius 2 is 2.14 bits per heavy atom. The van der Waals surface area contributed by atoms with E-state index in [1.807, 2.05) is 19.9 Å². The molecule has 1 aromatic carbocycles. The molecule has 2 unspecified atom stereocenters. The normalized spacial score (nSPS) is 31.3. The lowest BCUT2D eigenvalue weighted by molar-refractivity contribution is 0.0722. The predicted octanol–water partition coefficient (Wildman–Crippen LogP) is 2.00. The molecule has 1 aromatic rings. The predicted molar refractivity (Wildman–Crippen MR) is 50.4 cm³/mol. The molecule has 0 radical (unpaired) electrons. The molecule has 1 saturated heterocycles. The Labute approximate surface area is 82.3 Å². The van der Waals surface area contributed by atoms with Gasteiger partial charge in [0.05, 0.1) is 5.56 Å². The van der Waals surface area contributed by atoms with Gasteiger partial charge in [0.1, 0.15) is 29.3 Å². The van der Waals surface area contributed by atoms with Crippen LogP contribution in [0.4, 0.5) is 0 Å².